The highest BCUT2D eigenvalue weighted by Gasteiger charge is 2.28. The Kier molecular flexibility index (Phi) is 7.44. The molecule has 1 amide bonds. The van der Waals surface area contributed by atoms with Crippen LogP contribution in [-0.2, 0) is 10.0 Å². The average Bonchev–Trinajstić information content (AvgIpc) is 2.75. The Morgan fingerprint density at radius 1 is 1.13 bits per heavy atom. The van der Waals surface area contributed by atoms with Gasteiger partial charge < -0.3 is 10.1 Å². The number of carbonyl (C=O) groups excluding carboxylic acids is 1. The molecule has 2 aromatic rings. The van der Waals surface area contributed by atoms with Gasteiger partial charge in [0.15, 0.2) is 11.6 Å². The molecule has 0 bridgehead atoms. The van der Waals surface area contributed by atoms with E-state index in [0.717, 1.165) is 19.3 Å². The fraction of sp³-hybridized carbons (Fsp3) is 0.409. The minimum absolute atomic E-state index is 0.176. The number of aryl methyl sites for hydroxylation is 1. The summed E-state index contributed by atoms with van der Waals surface area (Å²) in [7, 11) is -3.61. The molecule has 0 radical (unpaired) electrons. The number of para-hydroxylation sites is 1. The summed E-state index contributed by atoms with van der Waals surface area (Å²) >= 11 is 0. The molecule has 6 nitrogen and oxygen atoms in total. The number of ether oxygens (including phenoxy) is 1. The molecule has 0 spiro atoms. The number of nitrogens with zero attached hydrogens (tertiary/aromatic N) is 1. The monoisotopic (exact) mass is 434 g/mol. The lowest BCUT2D eigenvalue weighted by atomic mass is 10.1. The van der Waals surface area contributed by atoms with E-state index >= 15 is 0 Å². The average molecular weight is 435 g/mol. The Bertz CT molecular complexity index is 988. The zero-order chi connectivity index (χ0) is 21.6. The number of carbonyl (C=O) groups is 1. The summed E-state index contributed by atoms with van der Waals surface area (Å²) in [5.74, 6) is -0.602. The zero-order valence-corrected chi connectivity index (χ0v) is 17.9. The molecule has 0 saturated carbocycles. The Hall–Kier alpha value is -2.45. The SMILES string of the molecule is Cc1ccc(C(=O)NCCCOc2ccccc2F)cc1S(=O)(=O)N1CCCCC1. The van der Waals surface area contributed by atoms with Crippen LogP contribution >= 0.6 is 0 Å². The summed E-state index contributed by atoms with van der Waals surface area (Å²) in [4.78, 5) is 12.7. The van der Waals surface area contributed by atoms with Gasteiger partial charge in [0, 0.05) is 25.2 Å². The summed E-state index contributed by atoms with van der Waals surface area (Å²) in [6, 6.07) is 10.9. The number of hydrogen-bond donors (Lipinski definition) is 1. The highest BCUT2D eigenvalue weighted by molar-refractivity contribution is 7.89. The molecule has 30 heavy (non-hydrogen) atoms. The van der Waals surface area contributed by atoms with Crippen molar-refractivity contribution in [3.05, 3.63) is 59.4 Å². The van der Waals surface area contributed by atoms with Gasteiger partial charge in [-0.15, -0.1) is 0 Å². The smallest absolute Gasteiger partial charge is 0.251 e. The molecule has 162 valence electrons. The van der Waals surface area contributed by atoms with Crippen molar-refractivity contribution in [3.8, 4) is 5.75 Å². The molecule has 1 saturated heterocycles. The summed E-state index contributed by atoms with van der Waals surface area (Å²) in [6.45, 7) is 3.35. The second kappa shape index (κ2) is 10.0. The van der Waals surface area contributed by atoms with Crippen molar-refractivity contribution >= 4 is 15.9 Å². The van der Waals surface area contributed by atoms with Crippen molar-refractivity contribution in [2.45, 2.75) is 37.5 Å². The van der Waals surface area contributed by atoms with E-state index in [0.29, 0.717) is 37.2 Å². The molecule has 0 aromatic heterocycles. The summed E-state index contributed by atoms with van der Waals surface area (Å²) in [5, 5.41) is 2.76. The minimum Gasteiger partial charge on any atom is -0.490 e. The van der Waals surface area contributed by atoms with Gasteiger partial charge in [-0.25, -0.2) is 12.8 Å². The Morgan fingerprint density at radius 2 is 1.87 bits per heavy atom. The maximum atomic E-state index is 13.5. The van der Waals surface area contributed by atoms with Gasteiger partial charge in [-0.05, 0) is 56.0 Å². The third kappa shape index (κ3) is 5.37. The van der Waals surface area contributed by atoms with Crippen LogP contribution in [0.4, 0.5) is 4.39 Å². The first-order valence-corrected chi connectivity index (χ1v) is 11.6. The molecule has 3 rings (SSSR count). The molecule has 2 aromatic carbocycles. The molecule has 0 atom stereocenters. The summed E-state index contributed by atoms with van der Waals surface area (Å²) < 4.78 is 46.3. The van der Waals surface area contributed by atoms with Crippen LogP contribution in [0.3, 0.4) is 0 Å². The molecule has 0 aliphatic carbocycles. The van der Waals surface area contributed by atoms with Gasteiger partial charge in [0.05, 0.1) is 11.5 Å². The number of amides is 1. The lowest BCUT2D eigenvalue weighted by molar-refractivity contribution is 0.0951. The van der Waals surface area contributed by atoms with E-state index in [1.54, 1.807) is 37.3 Å². The highest BCUT2D eigenvalue weighted by atomic mass is 32.2. The minimum atomic E-state index is -3.61. The maximum Gasteiger partial charge on any atom is 0.251 e. The second-order valence-corrected chi connectivity index (χ2v) is 9.24. The van der Waals surface area contributed by atoms with Gasteiger partial charge in [-0.3, -0.25) is 4.79 Å². The number of benzene rings is 2. The standard InChI is InChI=1S/C22H27FN2O4S/c1-17-10-11-18(16-21(17)30(27,28)25-13-5-2-6-14-25)22(26)24-12-7-15-29-20-9-4-3-8-19(20)23/h3-4,8-11,16H,2,5-7,12-15H2,1H3,(H,24,26). The normalized spacial score (nSPS) is 15.0. The molecule has 1 aliphatic heterocycles. The number of hydrogen-bond acceptors (Lipinski definition) is 4. The topological polar surface area (TPSA) is 75.7 Å². The molecule has 1 aliphatic rings. The third-order valence-corrected chi connectivity index (χ3v) is 7.12. The van der Waals surface area contributed by atoms with E-state index in [-0.39, 0.29) is 23.2 Å². The lowest BCUT2D eigenvalue weighted by Gasteiger charge is -2.26. The molecule has 1 fully saturated rings. The van der Waals surface area contributed by atoms with Crippen molar-refractivity contribution in [3.63, 3.8) is 0 Å². The first kappa shape index (κ1) is 22.2. The van der Waals surface area contributed by atoms with E-state index in [4.69, 9.17) is 4.74 Å². The summed E-state index contributed by atoms with van der Waals surface area (Å²) in [5.41, 5.74) is 0.918. The largest absolute Gasteiger partial charge is 0.490 e. The number of piperidine rings is 1. The van der Waals surface area contributed by atoms with Gasteiger partial charge in [-0.2, -0.15) is 4.31 Å². The van der Waals surface area contributed by atoms with Crippen LogP contribution in [0.25, 0.3) is 0 Å². The van der Waals surface area contributed by atoms with Crippen molar-refractivity contribution in [2.24, 2.45) is 0 Å². The zero-order valence-electron chi connectivity index (χ0n) is 17.1. The summed E-state index contributed by atoms with van der Waals surface area (Å²) in [6.07, 6.45) is 3.24. The molecular weight excluding hydrogens is 407 g/mol. The van der Waals surface area contributed by atoms with Gasteiger partial charge in [-0.1, -0.05) is 24.6 Å². The van der Waals surface area contributed by atoms with E-state index < -0.39 is 15.8 Å². The van der Waals surface area contributed by atoms with E-state index in [9.17, 15) is 17.6 Å². The van der Waals surface area contributed by atoms with E-state index in [2.05, 4.69) is 5.32 Å². The van der Waals surface area contributed by atoms with Crippen LogP contribution in [0.5, 0.6) is 5.75 Å². The van der Waals surface area contributed by atoms with Crippen molar-refractivity contribution in [2.75, 3.05) is 26.2 Å². The quantitative estimate of drug-likeness (QED) is 0.645. The van der Waals surface area contributed by atoms with E-state index in [1.807, 2.05) is 0 Å². The van der Waals surface area contributed by atoms with Gasteiger partial charge in [0.25, 0.3) is 5.91 Å². The predicted octanol–water partition coefficient (Wildman–Crippen LogP) is 3.51. The Morgan fingerprint density at radius 3 is 2.60 bits per heavy atom. The number of sulfonamides is 1. The van der Waals surface area contributed by atoms with Crippen LogP contribution in [0.15, 0.2) is 47.4 Å². The van der Waals surface area contributed by atoms with Crippen LogP contribution in [0, 0.1) is 12.7 Å². The van der Waals surface area contributed by atoms with Crippen LogP contribution in [0.2, 0.25) is 0 Å². The molecule has 1 heterocycles. The van der Waals surface area contributed by atoms with Crippen LogP contribution in [0.1, 0.15) is 41.6 Å². The van der Waals surface area contributed by atoms with Crippen LogP contribution < -0.4 is 10.1 Å². The second-order valence-electron chi connectivity index (χ2n) is 7.33. The van der Waals surface area contributed by atoms with Crippen LogP contribution in [-0.4, -0.2) is 44.9 Å². The Labute approximate surface area is 177 Å². The number of halogens is 1. The number of nitrogens with one attached hydrogen (secondary N) is 1. The van der Waals surface area contributed by atoms with Crippen molar-refractivity contribution < 1.29 is 22.3 Å². The third-order valence-electron chi connectivity index (χ3n) is 5.08. The molecule has 1 N–H and O–H groups in total. The fourth-order valence-corrected chi connectivity index (χ4v) is 5.15. The van der Waals surface area contributed by atoms with E-state index in [1.165, 1.54) is 16.4 Å². The van der Waals surface area contributed by atoms with Crippen molar-refractivity contribution in [1.29, 1.82) is 0 Å². The predicted molar refractivity (Wildman–Crippen MR) is 113 cm³/mol. The molecule has 8 heteroatoms. The maximum absolute atomic E-state index is 13.5. The fourth-order valence-electron chi connectivity index (χ4n) is 3.38. The van der Waals surface area contributed by atoms with Gasteiger partial charge >= 0.3 is 0 Å². The van der Waals surface area contributed by atoms with Gasteiger partial charge in [0.1, 0.15) is 0 Å². The first-order chi connectivity index (χ1) is 14.4. The highest BCUT2D eigenvalue weighted by Crippen LogP contribution is 2.24. The van der Waals surface area contributed by atoms with Gasteiger partial charge in [0.2, 0.25) is 10.0 Å². The Balaban J connectivity index is 1.57. The first-order valence-electron chi connectivity index (χ1n) is 10.2. The molecule has 0 unspecified atom stereocenters. The van der Waals surface area contributed by atoms with Crippen molar-refractivity contribution in [1.82, 2.24) is 9.62 Å². The number of rotatable bonds is 8. The molecular formula is C22H27FN2O4S. The lowest BCUT2D eigenvalue weighted by Crippen LogP contribution is -2.36.